The van der Waals surface area contributed by atoms with Gasteiger partial charge in [0.25, 0.3) is 0 Å². The summed E-state index contributed by atoms with van der Waals surface area (Å²) in [5.41, 5.74) is 1.94. The Bertz CT molecular complexity index is 793. The molecule has 3 aromatic heterocycles. The molecular formula is C17H21N5O. The van der Waals surface area contributed by atoms with Gasteiger partial charge in [0.05, 0.1) is 12.2 Å². The van der Waals surface area contributed by atoms with Crippen molar-refractivity contribution in [3.63, 3.8) is 0 Å². The summed E-state index contributed by atoms with van der Waals surface area (Å²) >= 11 is 0. The van der Waals surface area contributed by atoms with Crippen LogP contribution in [0.5, 0.6) is 0 Å². The molecular weight excluding hydrogens is 290 g/mol. The number of likely N-dealkylation sites (tertiary alicyclic amines) is 1. The summed E-state index contributed by atoms with van der Waals surface area (Å²) < 4.78 is 7.54. The zero-order valence-electron chi connectivity index (χ0n) is 13.4. The Balaban J connectivity index is 1.50. The van der Waals surface area contributed by atoms with Crippen molar-refractivity contribution in [2.75, 3.05) is 13.1 Å². The van der Waals surface area contributed by atoms with Crippen molar-refractivity contribution in [1.82, 2.24) is 24.7 Å². The van der Waals surface area contributed by atoms with Gasteiger partial charge in [0.15, 0.2) is 11.4 Å². The van der Waals surface area contributed by atoms with Gasteiger partial charge in [-0.3, -0.25) is 9.30 Å². The largest absolute Gasteiger partial charge is 0.360 e. The van der Waals surface area contributed by atoms with Crippen LogP contribution in [-0.4, -0.2) is 37.7 Å². The molecule has 1 atom stereocenters. The van der Waals surface area contributed by atoms with Crippen molar-refractivity contribution in [1.29, 1.82) is 0 Å². The van der Waals surface area contributed by atoms with Gasteiger partial charge in [-0.25, -0.2) is 0 Å². The van der Waals surface area contributed by atoms with Crippen LogP contribution in [0, 0.1) is 0 Å². The SMILES string of the molecule is CCc1cc(CN2CCC[C@@H](c3nnc4ccccn34)C2)on1. The number of nitrogens with zero attached hydrogens (tertiary/aromatic N) is 5. The van der Waals surface area contributed by atoms with Crippen LogP contribution in [0.15, 0.2) is 35.0 Å². The molecule has 4 heterocycles. The van der Waals surface area contributed by atoms with Crippen LogP contribution in [0.2, 0.25) is 0 Å². The van der Waals surface area contributed by atoms with E-state index in [1.807, 2.05) is 24.4 Å². The molecule has 0 radical (unpaired) electrons. The lowest BCUT2D eigenvalue weighted by molar-refractivity contribution is 0.177. The van der Waals surface area contributed by atoms with Gasteiger partial charge in [0.1, 0.15) is 5.82 Å². The van der Waals surface area contributed by atoms with Gasteiger partial charge in [-0.05, 0) is 37.9 Å². The lowest BCUT2D eigenvalue weighted by Gasteiger charge is -2.31. The van der Waals surface area contributed by atoms with Crippen LogP contribution in [0.3, 0.4) is 0 Å². The fraction of sp³-hybridized carbons (Fsp3) is 0.471. The molecule has 0 aliphatic carbocycles. The van der Waals surface area contributed by atoms with Crippen LogP contribution < -0.4 is 0 Å². The van der Waals surface area contributed by atoms with Crippen LogP contribution in [0.4, 0.5) is 0 Å². The van der Waals surface area contributed by atoms with Gasteiger partial charge in [-0.1, -0.05) is 18.1 Å². The van der Waals surface area contributed by atoms with Crippen molar-refractivity contribution in [3.8, 4) is 0 Å². The van der Waals surface area contributed by atoms with Gasteiger partial charge in [0, 0.05) is 24.7 Å². The summed E-state index contributed by atoms with van der Waals surface area (Å²) in [7, 11) is 0. The van der Waals surface area contributed by atoms with E-state index >= 15 is 0 Å². The quantitative estimate of drug-likeness (QED) is 0.741. The van der Waals surface area contributed by atoms with Gasteiger partial charge < -0.3 is 4.52 Å². The monoisotopic (exact) mass is 311 g/mol. The summed E-state index contributed by atoms with van der Waals surface area (Å²) in [6.45, 7) is 4.99. The molecule has 0 unspecified atom stereocenters. The zero-order valence-corrected chi connectivity index (χ0v) is 13.4. The van der Waals surface area contributed by atoms with Crippen LogP contribution in [0.1, 0.15) is 43.0 Å². The number of aromatic nitrogens is 4. The lowest BCUT2D eigenvalue weighted by atomic mass is 9.97. The van der Waals surface area contributed by atoms with E-state index in [1.54, 1.807) is 0 Å². The summed E-state index contributed by atoms with van der Waals surface area (Å²) in [6.07, 6.45) is 5.29. The summed E-state index contributed by atoms with van der Waals surface area (Å²) in [4.78, 5) is 2.43. The van der Waals surface area contributed by atoms with Crippen molar-refractivity contribution in [2.24, 2.45) is 0 Å². The zero-order chi connectivity index (χ0) is 15.6. The van der Waals surface area contributed by atoms with E-state index in [2.05, 4.69) is 37.6 Å². The van der Waals surface area contributed by atoms with Crippen LogP contribution in [-0.2, 0) is 13.0 Å². The van der Waals surface area contributed by atoms with Gasteiger partial charge in [-0.2, -0.15) is 0 Å². The molecule has 1 saturated heterocycles. The summed E-state index contributed by atoms with van der Waals surface area (Å²) in [5.74, 6) is 2.43. The molecule has 6 heteroatoms. The second-order valence-corrected chi connectivity index (χ2v) is 6.20. The molecule has 0 N–H and O–H groups in total. The van der Waals surface area contributed by atoms with Crippen molar-refractivity contribution in [3.05, 3.63) is 47.7 Å². The highest BCUT2D eigenvalue weighted by Crippen LogP contribution is 2.27. The van der Waals surface area contributed by atoms with Gasteiger partial charge >= 0.3 is 0 Å². The van der Waals surface area contributed by atoms with E-state index in [9.17, 15) is 0 Å². The first kappa shape index (κ1) is 14.4. The van der Waals surface area contributed by atoms with Gasteiger partial charge in [0.2, 0.25) is 0 Å². The van der Waals surface area contributed by atoms with E-state index in [0.717, 1.165) is 55.4 Å². The maximum absolute atomic E-state index is 5.43. The fourth-order valence-electron chi connectivity index (χ4n) is 3.37. The molecule has 0 aromatic carbocycles. The normalized spacial score (nSPS) is 19.4. The topological polar surface area (TPSA) is 59.5 Å². The molecule has 23 heavy (non-hydrogen) atoms. The second kappa shape index (κ2) is 6.12. The predicted octanol–water partition coefficient (Wildman–Crippen LogP) is 2.66. The van der Waals surface area contributed by atoms with Crippen molar-refractivity contribution < 1.29 is 4.52 Å². The highest BCUT2D eigenvalue weighted by atomic mass is 16.5. The second-order valence-electron chi connectivity index (χ2n) is 6.20. The molecule has 1 fully saturated rings. The van der Waals surface area contributed by atoms with Crippen LogP contribution >= 0.6 is 0 Å². The van der Waals surface area contributed by atoms with E-state index in [-0.39, 0.29) is 0 Å². The smallest absolute Gasteiger partial charge is 0.160 e. The summed E-state index contributed by atoms with van der Waals surface area (Å²) in [5, 5.41) is 12.8. The summed E-state index contributed by atoms with van der Waals surface area (Å²) in [6, 6.07) is 8.09. The molecule has 0 saturated carbocycles. The Hall–Kier alpha value is -2.21. The van der Waals surface area contributed by atoms with E-state index in [0.29, 0.717) is 5.92 Å². The Morgan fingerprint density at radius 2 is 2.26 bits per heavy atom. The molecule has 6 nitrogen and oxygen atoms in total. The minimum Gasteiger partial charge on any atom is -0.360 e. The fourth-order valence-corrected chi connectivity index (χ4v) is 3.37. The van der Waals surface area contributed by atoms with Crippen LogP contribution in [0.25, 0.3) is 5.65 Å². The molecule has 120 valence electrons. The Labute approximate surface area is 135 Å². The molecule has 0 bridgehead atoms. The molecule has 3 aromatic rings. The first-order valence-electron chi connectivity index (χ1n) is 8.30. The Morgan fingerprint density at radius 1 is 1.30 bits per heavy atom. The standard InChI is InChI=1S/C17H21N5O/c1-2-14-10-15(23-20-14)12-21-8-5-6-13(11-21)17-19-18-16-7-3-4-9-22(16)17/h3-4,7,9-10,13H,2,5-6,8,11-12H2,1H3/t13-/m1/s1. The average molecular weight is 311 g/mol. The van der Waals surface area contributed by atoms with Crippen molar-refractivity contribution in [2.45, 2.75) is 38.6 Å². The third-order valence-electron chi connectivity index (χ3n) is 4.56. The average Bonchev–Trinajstić information content (AvgIpc) is 3.21. The number of piperidine rings is 1. The van der Waals surface area contributed by atoms with E-state index in [4.69, 9.17) is 4.52 Å². The molecule has 0 spiro atoms. The maximum atomic E-state index is 5.43. The van der Waals surface area contributed by atoms with E-state index < -0.39 is 0 Å². The highest BCUT2D eigenvalue weighted by molar-refractivity contribution is 5.37. The third kappa shape index (κ3) is 2.86. The number of rotatable bonds is 4. The number of hydrogen-bond donors (Lipinski definition) is 0. The molecule has 1 aliphatic heterocycles. The van der Waals surface area contributed by atoms with E-state index in [1.165, 1.54) is 6.42 Å². The Morgan fingerprint density at radius 3 is 3.13 bits per heavy atom. The number of fused-ring (bicyclic) bond motifs is 1. The number of hydrogen-bond acceptors (Lipinski definition) is 5. The van der Waals surface area contributed by atoms with Gasteiger partial charge in [-0.15, -0.1) is 10.2 Å². The highest BCUT2D eigenvalue weighted by Gasteiger charge is 2.25. The van der Waals surface area contributed by atoms with Crippen molar-refractivity contribution >= 4 is 5.65 Å². The number of pyridine rings is 1. The molecule has 4 rings (SSSR count). The molecule has 1 aliphatic rings. The first-order valence-corrected chi connectivity index (χ1v) is 8.30. The number of aryl methyl sites for hydroxylation is 1. The first-order chi connectivity index (χ1) is 11.3. The minimum absolute atomic E-state index is 0.412. The third-order valence-corrected chi connectivity index (χ3v) is 4.56. The minimum atomic E-state index is 0.412. The predicted molar refractivity (Wildman–Crippen MR) is 86.1 cm³/mol. The molecule has 0 amide bonds. The maximum Gasteiger partial charge on any atom is 0.160 e. The lowest BCUT2D eigenvalue weighted by Crippen LogP contribution is -2.34. The Kier molecular flexibility index (Phi) is 3.83.